The number of carbonyl (C=O) groups excluding carboxylic acids is 1. The molecule has 0 bridgehead atoms. The van der Waals surface area contributed by atoms with Gasteiger partial charge in [-0.3, -0.25) is 4.79 Å². The Morgan fingerprint density at radius 3 is 2.60 bits per heavy atom. The Morgan fingerprint density at radius 1 is 1.17 bits per heavy atom. The molecule has 0 saturated carbocycles. The second-order valence-corrected chi connectivity index (χ2v) is 9.59. The van der Waals surface area contributed by atoms with Crippen molar-refractivity contribution in [3.8, 4) is 17.0 Å². The maximum Gasteiger partial charge on any atom is 0.244 e. The molecule has 4 rings (SSSR count). The standard InChI is InChI=1S/C21H21N3O4S2/c1-28-16-9-11-17(12-10-16)30(26,27)24-13-5-8-19(24)20(25)23-21-22-18(14-29-21)15-6-3-2-4-7-15/h2-4,6-7,9-12,14,19H,5,8,13H2,1H3,(H,22,23,25). The molecule has 1 amide bonds. The molecule has 30 heavy (non-hydrogen) atoms. The van der Waals surface area contributed by atoms with E-state index in [0.717, 1.165) is 11.3 Å². The van der Waals surface area contributed by atoms with Crippen molar-refractivity contribution < 1.29 is 17.9 Å². The minimum absolute atomic E-state index is 0.142. The van der Waals surface area contributed by atoms with E-state index >= 15 is 0 Å². The van der Waals surface area contributed by atoms with Crippen molar-refractivity contribution in [3.63, 3.8) is 0 Å². The van der Waals surface area contributed by atoms with Crippen LogP contribution in [-0.4, -0.2) is 43.3 Å². The first kappa shape index (κ1) is 20.5. The second-order valence-electron chi connectivity index (χ2n) is 6.84. The van der Waals surface area contributed by atoms with Gasteiger partial charge in [-0.15, -0.1) is 11.3 Å². The number of hydrogen-bond donors (Lipinski definition) is 1. The molecule has 1 atom stereocenters. The predicted molar refractivity (Wildman–Crippen MR) is 116 cm³/mol. The summed E-state index contributed by atoms with van der Waals surface area (Å²) in [6, 6.07) is 15.1. The van der Waals surface area contributed by atoms with Gasteiger partial charge in [0.2, 0.25) is 15.9 Å². The first-order valence-corrected chi connectivity index (χ1v) is 11.8. The number of thiazole rings is 1. The highest BCUT2D eigenvalue weighted by molar-refractivity contribution is 7.89. The van der Waals surface area contributed by atoms with E-state index < -0.39 is 16.1 Å². The summed E-state index contributed by atoms with van der Waals surface area (Å²) in [7, 11) is -2.27. The van der Waals surface area contributed by atoms with Gasteiger partial charge in [-0.05, 0) is 37.1 Å². The molecule has 7 nitrogen and oxygen atoms in total. The number of rotatable bonds is 6. The lowest BCUT2D eigenvalue weighted by atomic mass is 10.2. The normalized spacial score (nSPS) is 17.0. The molecule has 0 spiro atoms. The topological polar surface area (TPSA) is 88.6 Å². The summed E-state index contributed by atoms with van der Waals surface area (Å²) in [5.74, 6) is 0.209. The molecule has 3 aromatic rings. The number of ether oxygens (including phenoxy) is 1. The highest BCUT2D eigenvalue weighted by Crippen LogP contribution is 2.29. The number of nitrogens with one attached hydrogen (secondary N) is 1. The van der Waals surface area contributed by atoms with Crippen molar-refractivity contribution in [1.29, 1.82) is 0 Å². The van der Waals surface area contributed by atoms with Crippen LogP contribution in [0.5, 0.6) is 5.75 Å². The predicted octanol–water partition coefficient (Wildman–Crippen LogP) is 3.61. The Kier molecular flexibility index (Phi) is 5.85. The van der Waals surface area contributed by atoms with Gasteiger partial charge in [0.1, 0.15) is 11.8 Å². The summed E-state index contributed by atoms with van der Waals surface area (Å²) in [6.45, 7) is 0.305. The molecule has 1 fully saturated rings. The smallest absolute Gasteiger partial charge is 0.244 e. The zero-order valence-electron chi connectivity index (χ0n) is 16.3. The van der Waals surface area contributed by atoms with Gasteiger partial charge in [0, 0.05) is 17.5 Å². The fourth-order valence-electron chi connectivity index (χ4n) is 3.43. The molecule has 2 heterocycles. The molecule has 1 saturated heterocycles. The summed E-state index contributed by atoms with van der Waals surface area (Å²) in [6.07, 6.45) is 1.10. The summed E-state index contributed by atoms with van der Waals surface area (Å²) in [5.41, 5.74) is 1.73. The van der Waals surface area contributed by atoms with E-state index in [0.29, 0.717) is 30.3 Å². The highest BCUT2D eigenvalue weighted by Gasteiger charge is 2.39. The average Bonchev–Trinajstić information content (AvgIpc) is 3.45. The number of benzene rings is 2. The van der Waals surface area contributed by atoms with E-state index in [4.69, 9.17) is 4.74 Å². The van der Waals surface area contributed by atoms with Crippen LogP contribution in [0.3, 0.4) is 0 Å². The Labute approximate surface area is 179 Å². The summed E-state index contributed by atoms with van der Waals surface area (Å²) in [5, 5.41) is 5.11. The quantitative estimate of drug-likeness (QED) is 0.629. The SMILES string of the molecule is COc1ccc(S(=O)(=O)N2CCCC2C(=O)Nc2nc(-c3ccccc3)cs2)cc1. The lowest BCUT2D eigenvalue weighted by Gasteiger charge is -2.23. The Bertz CT molecular complexity index is 1130. The van der Waals surface area contributed by atoms with Crippen LogP contribution < -0.4 is 10.1 Å². The van der Waals surface area contributed by atoms with Gasteiger partial charge in [0.15, 0.2) is 5.13 Å². The van der Waals surface area contributed by atoms with Crippen molar-refractivity contribution in [1.82, 2.24) is 9.29 Å². The lowest BCUT2D eigenvalue weighted by Crippen LogP contribution is -2.43. The monoisotopic (exact) mass is 443 g/mol. The van der Waals surface area contributed by atoms with Crippen LogP contribution in [0.2, 0.25) is 0 Å². The number of aromatic nitrogens is 1. The van der Waals surface area contributed by atoms with Gasteiger partial charge in [-0.25, -0.2) is 13.4 Å². The number of sulfonamides is 1. The number of carbonyl (C=O) groups is 1. The fraction of sp³-hybridized carbons (Fsp3) is 0.238. The van der Waals surface area contributed by atoms with Gasteiger partial charge in [0.05, 0.1) is 17.7 Å². The van der Waals surface area contributed by atoms with Gasteiger partial charge < -0.3 is 10.1 Å². The summed E-state index contributed by atoms with van der Waals surface area (Å²) < 4.78 is 32.5. The Hall–Kier alpha value is -2.75. The molecule has 1 aliphatic heterocycles. The van der Waals surface area contributed by atoms with Crippen molar-refractivity contribution in [2.24, 2.45) is 0 Å². The van der Waals surface area contributed by atoms with Crippen LogP contribution in [-0.2, 0) is 14.8 Å². The van der Waals surface area contributed by atoms with E-state index in [1.54, 1.807) is 12.1 Å². The van der Waals surface area contributed by atoms with Gasteiger partial charge >= 0.3 is 0 Å². The molecule has 1 aliphatic rings. The van der Waals surface area contributed by atoms with E-state index in [1.807, 2.05) is 35.7 Å². The van der Waals surface area contributed by atoms with Crippen LogP contribution in [0.1, 0.15) is 12.8 Å². The summed E-state index contributed by atoms with van der Waals surface area (Å²) in [4.78, 5) is 17.5. The average molecular weight is 444 g/mol. The fourth-order valence-corrected chi connectivity index (χ4v) is 5.81. The van der Waals surface area contributed by atoms with Crippen molar-refractivity contribution >= 4 is 32.4 Å². The van der Waals surface area contributed by atoms with Crippen molar-refractivity contribution in [2.45, 2.75) is 23.8 Å². The molecule has 2 aromatic carbocycles. The minimum Gasteiger partial charge on any atom is -0.497 e. The summed E-state index contributed by atoms with van der Waals surface area (Å²) >= 11 is 1.32. The third-order valence-electron chi connectivity index (χ3n) is 4.98. The van der Waals surface area contributed by atoms with E-state index in [1.165, 1.54) is 34.9 Å². The number of anilines is 1. The number of amides is 1. The first-order valence-electron chi connectivity index (χ1n) is 9.47. The zero-order chi connectivity index (χ0) is 21.1. The number of nitrogens with zero attached hydrogens (tertiary/aromatic N) is 2. The zero-order valence-corrected chi connectivity index (χ0v) is 17.9. The molecule has 1 unspecified atom stereocenters. The number of hydrogen-bond acceptors (Lipinski definition) is 6. The maximum absolute atomic E-state index is 13.1. The third-order valence-corrected chi connectivity index (χ3v) is 7.66. The molecule has 156 valence electrons. The van der Waals surface area contributed by atoms with E-state index in [9.17, 15) is 13.2 Å². The van der Waals surface area contributed by atoms with Crippen molar-refractivity contribution in [3.05, 3.63) is 60.0 Å². The Balaban J connectivity index is 1.50. The molecule has 0 radical (unpaired) electrons. The lowest BCUT2D eigenvalue weighted by molar-refractivity contribution is -0.119. The second kappa shape index (κ2) is 8.55. The minimum atomic E-state index is -3.79. The van der Waals surface area contributed by atoms with Gasteiger partial charge in [-0.2, -0.15) is 4.31 Å². The van der Waals surface area contributed by atoms with Gasteiger partial charge in [-0.1, -0.05) is 30.3 Å². The molecule has 1 N–H and O–H groups in total. The van der Waals surface area contributed by atoms with Crippen LogP contribution in [0.4, 0.5) is 5.13 Å². The molecule has 9 heteroatoms. The highest BCUT2D eigenvalue weighted by atomic mass is 32.2. The third kappa shape index (κ3) is 4.09. The molecular weight excluding hydrogens is 422 g/mol. The van der Waals surface area contributed by atoms with Crippen LogP contribution >= 0.6 is 11.3 Å². The molecular formula is C21H21N3O4S2. The van der Waals surface area contributed by atoms with E-state index in [2.05, 4.69) is 10.3 Å². The van der Waals surface area contributed by atoms with Crippen molar-refractivity contribution in [2.75, 3.05) is 19.0 Å². The largest absolute Gasteiger partial charge is 0.497 e. The molecule has 1 aromatic heterocycles. The maximum atomic E-state index is 13.1. The van der Waals surface area contributed by atoms with Crippen LogP contribution in [0, 0.1) is 0 Å². The molecule has 0 aliphatic carbocycles. The number of methoxy groups -OCH3 is 1. The first-order chi connectivity index (χ1) is 14.5. The van der Waals surface area contributed by atoms with E-state index in [-0.39, 0.29) is 10.8 Å². The van der Waals surface area contributed by atoms with Crippen LogP contribution in [0.15, 0.2) is 64.9 Å². The Morgan fingerprint density at radius 2 is 1.90 bits per heavy atom. The van der Waals surface area contributed by atoms with Crippen LogP contribution in [0.25, 0.3) is 11.3 Å². The van der Waals surface area contributed by atoms with Gasteiger partial charge in [0.25, 0.3) is 0 Å².